The molecule has 96 valence electrons. The summed E-state index contributed by atoms with van der Waals surface area (Å²) in [6, 6.07) is 6.35. The van der Waals surface area contributed by atoms with Crippen LogP contribution in [0.2, 0.25) is 0 Å². The van der Waals surface area contributed by atoms with Gasteiger partial charge < -0.3 is 0 Å². The van der Waals surface area contributed by atoms with E-state index >= 15 is 0 Å². The summed E-state index contributed by atoms with van der Waals surface area (Å²) in [7, 11) is 0. The first-order valence-electron chi connectivity index (χ1n) is 5.19. The molecular formula is C12H7F3N4. The zero-order chi connectivity index (χ0) is 13.9. The summed E-state index contributed by atoms with van der Waals surface area (Å²) in [6.45, 7) is 0. The third-order valence-corrected chi connectivity index (χ3v) is 2.45. The normalized spacial score (nSPS) is 10.9. The monoisotopic (exact) mass is 264 g/mol. The van der Waals surface area contributed by atoms with Crippen molar-refractivity contribution in [3.05, 3.63) is 58.7 Å². The molecular weight excluding hydrogens is 257 g/mol. The van der Waals surface area contributed by atoms with Gasteiger partial charge in [0.15, 0.2) is 0 Å². The predicted octanol–water partition coefficient (Wildman–Crippen LogP) is 4.71. The van der Waals surface area contributed by atoms with Gasteiger partial charge in [-0.2, -0.15) is 13.2 Å². The lowest BCUT2D eigenvalue weighted by Gasteiger charge is -2.10. The standard InChI is InChI=1S/C12H7F3N4/c13-12(14,15)9-3-4-10(11(6-9)18-19-16)8-2-1-5-17-7-8/h1-7H. The highest BCUT2D eigenvalue weighted by Crippen LogP contribution is 2.37. The van der Waals surface area contributed by atoms with E-state index in [0.717, 1.165) is 12.1 Å². The molecule has 0 radical (unpaired) electrons. The van der Waals surface area contributed by atoms with Gasteiger partial charge in [-0.05, 0) is 29.3 Å². The zero-order valence-electron chi connectivity index (χ0n) is 9.46. The summed E-state index contributed by atoms with van der Waals surface area (Å²) in [5.74, 6) is 0. The minimum Gasteiger partial charge on any atom is -0.264 e. The van der Waals surface area contributed by atoms with Crippen molar-refractivity contribution in [1.82, 2.24) is 4.98 Å². The van der Waals surface area contributed by atoms with E-state index in [4.69, 9.17) is 5.53 Å². The fourth-order valence-corrected chi connectivity index (χ4v) is 1.61. The van der Waals surface area contributed by atoms with Gasteiger partial charge in [-0.1, -0.05) is 17.2 Å². The number of rotatable bonds is 2. The molecule has 4 nitrogen and oxygen atoms in total. The van der Waals surface area contributed by atoms with Gasteiger partial charge in [0.05, 0.1) is 5.56 Å². The number of nitrogens with zero attached hydrogens (tertiary/aromatic N) is 4. The number of azide groups is 1. The van der Waals surface area contributed by atoms with Crippen molar-refractivity contribution in [3.8, 4) is 11.1 Å². The molecule has 0 saturated heterocycles. The second-order valence-corrected chi connectivity index (χ2v) is 3.66. The Morgan fingerprint density at radius 1 is 1.21 bits per heavy atom. The molecule has 0 fully saturated rings. The van der Waals surface area contributed by atoms with Gasteiger partial charge in [-0.15, -0.1) is 0 Å². The van der Waals surface area contributed by atoms with Crippen molar-refractivity contribution in [2.75, 3.05) is 0 Å². The molecule has 2 aromatic rings. The molecule has 0 bridgehead atoms. The van der Waals surface area contributed by atoms with E-state index in [0.29, 0.717) is 11.1 Å². The third-order valence-electron chi connectivity index (χ3n) is 2.45. The fourth-order valence-electron chi connectivity index (χ4n) is 1.61. The number of hydrogen-bond acceptors (Lipinski definition) is 2. The van der Waals surface area contributed by atoms with E-state index in [1.54, 1.807) is 18.3 Å². The molecule has 0 spiro atoms. The quantitative estimate of drug-likeness (QED) is 0.440. The van der Waals surface area contributed by atoms with E-state index in [-0.39, 0.29) is 5.69 Å². The molecule has 0 aliphatic rings. The highest BCUT2D eigenvalue weighted by molar-refractivity contribution is 5.75. The molecule has 2 rings (SSSR count). The Labute approximate surface area is 106 Å². The van der Waals surface area contributed by atoms with Crippen LogP contribution in [0.3, 0.4) is 0 Å². The minimum absolute atomic E-state index is 0.0784. The molecule has 19 heavy (non-hydrogen) atoms. The second kappa shape index (κ2) is 4.99. The Hall–Kier alpha value is -2.53. The van der Waals surface area contributed by atoms with Crippen LogP contribution in [0.5, 0.6) is 0 Å². The lowest BCUT2D eigenvalue weighted by Crippen LogP contribution is -2.04. The maximum atomic E-state index is 12.6. The highest BCUT2D eigenvalue weighted by Gasteiger charge is 2.30. The first-order chi connectivity index (χ1) is 9.02. The fraction of sp³-hybridized carbons (Fsp3) is 0.0833. The maximum absolute atomic E-state index is 12.6. The smallest absolute Gasteiger partial charge is 0.264 e. The lowest BCUT2D eigenvalue weighted by molar-refractivity contribution is -0.137. The second-order valence-electron chi connectivity index (χ2n) is 3.66. The van der Waals surface area contributed by atoms with Crippen LogP contribution in [-0.2, 0) is 6.18 Å². The van der Waals surface area contributed by atoms with E-state index in [1.165, 1.54) is 12.3 Å². The van der Waals surface area contributed by atoms with Gasteiger partial charge in [0, 0.05) is 28.6 Å². The Balaban J connectivity index is 2.60. The van der Waals surface area contributed by atoms with Crippen LogP contribution in [0.25, 0.3) is 21.6 Å². The Kier molecular flexibility index (Phi) is 3.39. The number of halogens is 3. The van der Waals surface area contributed by atoms with Crippen LogP contribution in [0, 0.1) is 0 Å². The molecule has 0 unspecified atom stereocenters. The van der Waals surface area contributed by atoms with Gasteiger partial charge in [-0.3, -0.25) is 4.98 Å². The molecule has 7 heteroatoms. The summed E-state index contributed by atoms with van der Waals surface area (Å²) >= 11 is 0. The molecule has 1 heterocycles. The molecule has 0 aliphatic carbocycles. The van der Waals surface area contributed by atoms with Crippen LogP contribution < -0.4 is 0 Å². The molecule has 1 aromatic carbocycles. The van der Waals surface area contributed by atoms with Crippen LogP contribution >= 0.6 is 0 Å². The Morgan fingerprint density at radius 2 is 2.00 bits per heavy atom. The van der Waals surface area contributed by atoms with Crippen molar-refractivity contribution in [2.24, 2.45) is 5.11 Å². The van der Waals surface area contributed by atoms with E-state index in [2.05, 4.69) is 15.0 Å². The van der Waals surface area contributed by atoms with Gasteiger partial charge in [0.2, 0.25) is 0 Å². The van der Waals surface area contributed by atoms with E-state index in [9.17, 15) is 13.2 Å². The number of alkyl halides is 3. The molecule has 0 N–H and O–H groups in total. The molecule has 0 aliphatic heterocycles. The van der Waals surface area contributed by atoms with Crippen LogP contribution in [0.1, 0.15) is 5.56 Å². The average Bonchev–Trinajstić information content (AvgIpc) is 2.39. The highest BCUT2D eigenvalue weighted by atomic mass is 19.4. The zero-order valence-corrected chi connectivity index (χ0v) is 9.46. The van der Waals surface area contributed by atoms with Crippen molar-refractivity contribution < 1.29 is 13.2 Å². The van der Waals surface area contributed by atoms with Crippen molar-refractivity contribution in [3.63, 3.8) is 0 Å². The third kappa shape index (κ3) is 2.83. The summed E-state index contributed by atoms with van der Waals surface area (Å²) in [6.07, 6.45) is -1.45. The lowest BCUT2D eigenvalue weighted by atomic mass is 10.0. The number of aromatic nitrogens is 1. The summed E-state index contributed by atoms with van der Waals surface area (Å²) in [5, 5.41) is 3.31. The molecule has 1 aromatic heterocycles. The summed E-state index contributed by atoms with van der Waals surface area (Å²) < 4.78 is 37.8. The Bertz CT molecular complexity index is 631. The summed E-state index contributed by atoms with van der Waals surface area (Å²) in [5.41, 5.74) is 8.49. The van der Waals surface area contributed by atoms with Gasteiger partial charge in [-0.25, -0.2) is 0 Å². The van der Waals surface area contributed by atoms with E-state index in [1.807, 2.05) is 0 Å². The van der Waals surface area contributed by atoms with Crippen molar-refractivity contribution in [1.29, 1.82) is 0 Å². The van der Waals surface area contributed by atoms with Gasteiger partial charge >= 0.3 is 6.18 Å². The first kappa shape index (κ1) is 12.9. The van der Waals surface area contributed by atoms with Crippen molar-refractivity contribution >= 4 is 5.69 Å². The van der Waals surface area contributed by atoms with Crippen molar-refractivity contribution in [2.45, 2.75) is 6.18 Å². The minimum atomic E-state index is -4.48. The van der Waals surface area contributed by atoms with Crippen LogP contribution in [-0.4, -0.2) is 4.98 Å². The van der Waals surface area contributed by atoms with Gasteiger partial charge in [0.1, 0.15) is 0 Å². The number of hydrogen-bond donors (Lipinski definition) is 0. The molecule has 0 amide bonds. The molecule has 0 saturated carbocycles. The van der Waals surface area contributed by atoms with Crippen LogP contribution in [0.4, 0.5) is 18.9 Å². The van der Waals surface area contributed by atoms with Gasteiger partial charge in [0.25, 0.3) is 0 Å². The number of pyridine rings is 1. The first-order valence-corrected chi connectivity index (χ1v) is 5.19. The molecule has 0 atom stereocenters. The van der Waals surface area contributed by atoms with Crippen LogP contribution in [0.15, 0.2) is 47.8 Å². The largest absolute Gasteiger partial charge is 0.416 e. The predicted molar refractivity (Wildman–Crippen MR) is 63.5 cm³/mol. The average molecular weight is 264 g/mol. The number of benzene rings is 1. The SMILES string of the molecule is [N-]=[N+]=Nc1cc(C(F)(F)F)ccc1-c1cccnc1. The van der Waals surface area contributed by atoms with E-state index < -0.39 is 11.7 Å². The Morgan fingerprint density at radius 3 is 2.58 bits per heavy atom. The topological polar surface area (TPSA) is 61.7 Å². The summed E-state index contributed by atoms with van der Waals surface area (Å²) in [4.78, 5) is 6.43. The maximum Gasteiger partial charge on any atom is 0.416 e.